The van der Waals surface area contributed by atoms with E-state index in [0.717, 1.165) is 6.54 Å². The second-order valence-electron chi connectivity index (χ2n) is 4.13. The largest absolute Gasteiger partial charge is 0.312 e. The summed E-state index contributed by atoms with van der Waals surface area (Å²) in [6.45, 7) is 12.3. The van der Waals surface area contributed by atoms with Gasteiger partial charge in [0, 0.05) is 18.5 Å². The molecule has 0 amide bonds. The van der Waals surface area contributed by atoms with Crippen LogP contribution in [0.25, 0.3) is 0 Å². The van der Waals surface area contributed by atoms with Gasteiger partial charge >= 0.3 is 0 Å². The Labute approximate surface area is 75.0 Å². The van der Waals surface area contributed by atoms with Gasteiger partial charge in [0.05, 0.1) is 0 Å². The first-order valence-corrected chi connectivity index (χ1v) is 4.26. The molecule has 0 heterocycles. The van der Waals surface area contributed by atoms with E-state index < -0.39 is 0 Å². The third-order valence-corrected chi connectivity index (χ3v) is 1.48. The van der Waals surface area contributed by atoms with E-state index in [0.29, 0.717) is 12.0 Å². The van der Waals surface area contributed by atoms with Crippen LogP contribution in [0.4, 0.5) is 0 Å². The summed E-state index contributed by atoms with van der Waals surface area (Å²) in [7, 11) is 0. The van der Waals surface area contributed by atoms with Gasteiger partial charge in [-0.25, -0.2) is 0 Å². The highest BCUT2D eigenvalue weighted by Gasteiger charge is 2.09. The predicted molar refractivity (Wildman–Crippen MR) is 52.2 cm³/mol. The molecule has 0 unspecified atom stereocenters. The van der Waals surface area contributed by atoms with Crippen LogP contribution in [0.3, 0.4) is 0 Å². The maximum absolute atomic E-state index is 11.1. The lowest BCUT2D eigenvalue weighted by Gasteiger charge is -2.19. The summed E-state index contributed by atoms with van der Waals surface area (Å²) in [5.74, 6) is 0.145. The minimum atomic E-state index is 0.0926. The fourth-order valence-electron chi connectivity index (χ4n) is 0.764. The highest BCUT2D eigenvalue weighted by Crippen LogP contribution is 2.00. The van der Waals surface area contributed by atoms with Gasteiger partial charge in [-0.2, -0.15) is 0 Å². The van der Waals surface area contributed by atoms with Crippen LogP contribution in [0.15, 0.2) is 12.2 Å². The minimum absolute atomic E-state index is 0.0926. The molecule has 1 N–H and O–H groups in total. The number of hydrogen-bond donors (Lipinski definition) is 1. The first kappa shape index (κ1) is 11.4. The average molecular weight is 169 g/mol. The van der Waals surface area contributed by atoms with Crippen LogP contribution in [0.1, 0.15) is 34.1 Å². The van der Waals surface area contributed by atoms with E-state index in [-0.39, 0.29) is 11.3 Å². The molecule has 0 fully saturated rings. The molecule has 0 bridgehead atoms. The second kappa shape index (κ2) is 4.41. The lowest BCUT2D eigenvalue weighted by Crippen LogP contribution is -2.37. The SMILES string of the molecule is C=C(C)C(=O)CCNC(C)(C)C. The number of rotatable bonds is 4. The molecule has 0 saturated carbocycles. The van der Waals surface area contributed by atoms with Crippen LogP contribution < -0.4 is 5.32 Å². The van der Waals surface area contributed by atoms with Crippen molar-refractivity contribution in [1.29, 1.82) is 0 Å². The molecule has 0 aliphatic heterocycles. The molecule has 0 aliphatic rings. The summed E-state index contributed by atoms with van der Waals surface area (Å²) in [5, 5.41) is 3.25. The quantitative estimate of drug-likeness (QED) is 0.651. The first-order chi connectivity index (χ1) is 5.33. The van der Waals surface area contributed by atoms with Gasteiger partial charge in [-0.3, -0.25) is 4.79 Å². The monoisotopic (exact) mass is 169 g/mol. The molecule has 0 aromatic heterocycles. The number of hydrogen-bond acceptors (Lipinski definition) is 2. The zero-order valence-corrected chi connectivity index (χ0v) is 8.53. The van der Waals surface area contributed by atoms with Crippen molar-refractivity contribution in [3.8, 4) is 0 Å². The normalized spacial score (nSPS) is 11.3. The Morgan fingerprint density at radius 2 is 1.92 bits per heavy atom. The van der Waals surface area contributed by atoms with Crippen molar-refractivity contribution in [2.75, 3.05) is 6.54 Å². The van der Waals surface area contributed by atoms with Gasteiger partial charge in [-0.05, 0) is 33.3 Å². The van der Waals surface area contributed by atoms with Crippen LogP contribution in [-0.2, 0) is 4.79 Å². The third kappa shape index (κ3) is 6.10. The molecule has 2 nitrogen and oxygen atoms in total. The number of carbonyl (C=O) groups excluding carboxylic acids is 1. The molecule has 0 spiro atoms. The van der Waals surface area contributed by atoms with Crippen LogP contribution >= 0.6 is 0 Å². The lowest BCUT2D eigenvalue weighted by molar-refractivity contribution is -0.115. The number of carbonyl (C=O) groups is 1. The molecular formula is C10H19NO. The van der Waals surface area contributed by atoms with Crippen LogP contribution in [0, 0.1) is 0 Å². The van der Waals surface area contributed by atoms with Crippen molar-refractivity contribution >= 4 is 5.78 Å². The first-order valence-electron chi connectivity index (χ1n) is 4.26. The molecule has 0 aromatic rings. The van der Waals surface area contributed by atoms with Crippen LogP contribution in [0.5, 0.6) is 0 Å². The molecule has 0 saturated heterocycles. The zero-order chi connectivity index (χ0) is 9.78. The van der Waals surface area contributed by atoms with Crippen molar-refractivity contribution in [1.82, 2.24) is 5.32 Å². The van der Waals surface area contributed by atoms with Gasteiger partial charge < -0.3 is 5.32 Å². The van der Waals surface area contributed by atoms with Gasteiger partial charge in [-0.1, -0.05) is 6.58 Å². The Morgan fingerprint density at radius 3 is 2.25 bits per heavy atom. The Morgan fingerprint density at radius 1 is 1.42 bits per heavy atom. The van der Waals surface area contributed by atoms with Gasteiger partial charge in [-0.15, -0.1) is 0 Å². The molecular weight excluding hydrogens is 150 g/mol. The molecule has 12 heavy (non-hydrogen) atoms. The summed E-state index contributed by atoms with van der Waals surface area (Å²) in [5.41, 5.74) is 0.737. The predicted octanol–water partition coefficient (Wildman–Crippen LogP) is 1.91. The molecule has 0 atom stereocenters. The fraction of sp³-hybridized carbons (Fsp3) is 0.700. The standard InChI is InChI=1S/C10H19NO/c1-8(2)9(12)6-7-11-10(3,4)5/h11H,1,6-7H2,2-5H3. The summed E-state index contributed by atoms with van der Waals surface area (Å²) >= 11 is 0. The third-order valence-electron chi connectivity index (χ3n) is 1.48. The van der Waals surface area contributed by atoms with Crippen molar-refractivity contribution in [3.05, 3.63) is 12.2 Å². The summed E-state index contributed by atoms with van der Waals surface area (Å²) in [6.07, 6.45) is 0.548. The molecule has 0 aliphatic carbocycles. The number of Topliss-reactive ketones (excluding diaryl/α,β-unsaturated/α-hetero) is 1. The van der Waals surface area contributed by atoms with E-state index in [9.17, 15) is 4.79 Å². The van der Waals surface area contributed by atoms with Crippen molar-refractivity contribution in [2.45, 2.75) is 39.7 Å². The van der Waals surface area contributed by atoms with Gasteiger partial charge in [0.1, 0.15) is 0 Å². The summed E-state index contributed by atoms with van der Waals surface area (Å²) < 4.78 is 0. The molecule has 2 heteroatoms. The van der Waals surface area contributed by atoms with E-state index in [1.54, 1.807) is 6.92 Å². The zero-order valence-electron chi connectivity index (χ0n) is 8.53. The molecule has 70 valence electrons. The number of ketones is 1. The maximum Gasteiger partial charge on any atom is 0.159 e. The smallest absolute Gasteiger partial charge is 0.159 e. The Balaban J connectivity index is 3.58. The van der Waals surface area contributed by atoms with Crippen LogP contribution in [0.2, 0.25) is 0 Å². The van der Waals surface area contributed by atoms with E-state index in [2.05, 4.69) is 32.7 Å². The average Bonchev–Trinajstić information content (AvgIpc) is 1.84. The number of nitrogens with one attached hydrogen (secondary N) is 1. The topological polar surface area (TPSA) is 29.1 Å². The Hall–Kier alpha value is -0.630. The molecule has 0 rings (SSSR count). The van der Waals surface area contributed by atoms with E-state index in [1.165, 1.54) is 0 Å². The fourth-order valence-corrected chi connectivity index (χ4v) is 0.764. The summed E-state index contributed by atoms with van der Waals surface area (Å²) in [4.78, 5) is 11.1. The van der Waals surface area contributed by atoms with Crippen molar-refractivity contribution < 1.29 is 4.79 Å². The van der Waals surface area contributed by atoms with Crippen molar-refractivity contribution in [3.63, 3.8) is 0 Å². The minimum Gasteiger partial charge on any atom is -0.312 e. The van der Waals surface area contributed by atoms with Crippen molar-refractivity contribution in [2.24, 2.45) is 0 Å². The number of allylic oxidation sites excluding steroid dienone is 1. The Bertz CT molecular complexity index is 177. The molecule has 0 radical (unpaired) electrons. The second-order valence-corrected chi connectivity index (χ2v) is 4.13. The van der Waals surface area contributed by atoms with Gasteiger partial charge in [0.2, 0.25) is 0 Å². The highest BCUT2D eigenvalue weighted by molar-refractivity contribution is 5.94. The molecule has 0 aromatic carbocycles. The highest BCUT2D eigenvalue weighted by atomic mass is 16.1. The lowest BCUT2D eigenvalue weighted by atomic mass is 10.1. The van der Waals surface area contributed by atoms with Crippen LogP contribution in [-0.4, -0.2) is 17.9 Å². The Kier molecular flexibility index (Phi) is 4.18. The van der Waals surface area contributed by atoms with Gasteiger partial charge in [0.25, 0.3) is 0 Å². The summed E-state index contributed by atoms with van der Waals surface area (Å²) in [6, 6.07) is 0. The van der Waals surface area contributed by atoms with Gasteiger partial charge in [0.15, 0.2) is 5.78 Å². The maximum atomic E-state index is 11.1. The van der Waals surface area contributed by atoms with E-state index in [4.69, 9.17) is 0 Å². The van der Waals surface area contributed by atoms with E-state index in [1.807, 2.05) is 0 Å². The van der Waals surface area contributed by atoms with E-state index >= 15 is 0 Å².